The number of para-hydroxylation sites is 1. The van der Waals surface area contributed by atoms with Gasteiger partial charge in [0.25, 0.3) is 11.8 Å². The maximum Gasteiger partial charge on any atom is 0.404 e. The van der Waals surface area contributed by atoms with Gasteiger partial charge >= 0.3 is 6.18 Å². The predicted molar refractivity (Wildman–Crippen MR) is 157 cm³/mol. The lowest BCUT2D eigenvalue weighted by Gasteiger charge is -2.40. The minimum atomic E-state index is -4.95. The second kappa shape index (κ2) is 10.4. The van der Waals surface area contributed by atoms with Crippen LogP contribution in [0, 0.1) is 11.2 Å². The van der Waals surface area contributed by atoms with Gasteiger partial charge in [-0.05, 0) is 34.9 Å². The van der Waals surface area contributed by atoms with E-state index in [0.29, 0.717) is 11.3 Å². The molecule has 45 heavy (non-hydrogen) atoms. The molecule has 2 amide bonds. The fraction of sp³-hybridized carbons (Fsp3) is 0.229. The van der Waals surface area contributed by atoms with Crippen molar-refractivity contribution in [1.82, 2.24) is 10.2 Å². The Kier molecular flexibility index (Phi) is 6.67. The molecule has 228 valence electrons. The van der Waals surface area contributed by atoms with Crippen LogP contribution in [0.4, 0.5) is 23.2 Å². The Morgan fingerprint density at radius 1 is 0.756 bits per heavy atom. The number of amides is 2. The molecule has 2 spiro atoms. The highest BCUT2D eigenvalue weighted by Crippen LogP contribution is 2.65. The zero-order valence-corrected chi connectivity index (χ0v) is 23.8. The van der Waals surface area contributed by atoms with Crippen molar-refractivity contribution >= 4 is 23.3 Å². The van der Waals surface area contributed by atoms with Crippen molar-refractivity contribution in [3.63, 3.8) is 0 Å². The molecular weight excluding hydrogens is 586 g/mol. The Hall–Kier alpha value is -4.83. The fourth-order valence-corrected chi connectivity index (χ4v) is 7.57. The number of nitrogens with one attached hydrogen (secondary N) is 1. The van der Waals surface area contributed by atoms with Crippen molar-refractivity contribution in [3.05, 3.63) is 137 Å². The zero-order valence-electron chi connectivity index (χ0n) is 23.8. The zero-order chi connectivity index (χ0) is 31.6. The molecule has 0 aliphatic carbocycles. The molecular formula is C35H27F4N3O3. The summed E-state index contributed by atoms with van der Waals surface area (Å²) >= 11 is 0. The average Bonchev–Trinajstić information content (AvgIpc) is 3.58. The van der Waals surface area contributed by atoms with E-state index in [0.717, 1.165) is 17.7 Å². The van der Waals surface area contributed by atoms with E-state index >= 15 is 13.2 Å². The monoisotopic (exact) mass is 613 g/mol. The van der Waals surface area contributed by atoms with Crippen LogP contribution in [0.2, 0.25) is 0 Å². The SMILES string of the molecule is O=C1C(=O)[C@@]2(CN1Cc1ccccc1)[C@H](c1ccc(F)cc1)[C@@H](C(F)(F)F)N[C@]21C(=O)N(Cc2ccccc2)c2ccccc21. The molecule has 0 unspecified atom stereocenters. The number of hydrogen-bond acceptors (Lipinski definition) is 4. The van der Waals surface area contributed by atoms with Crippen LogP contribution in [-0.4, -0.2) is 41.3 Å². The number of alkyl halides is 3. The van der Waals surface area contributed by atoms with Gasteiger partial charge in [0.1, 0.15) is 17.4 Å². The minimum absolute atomic E-state index is 0.00222. The Labute approximate surface area is 256 Å². The molecule has 10 heteroatoms. The van der Waals surface area contributed by atoms with Crippen LogP contribution in [-0.2, 0) is 33.0 Å². The van der Waals surface area contributed by atoms with Gasteiger partial charge < -0.3 is 9.80 Å². The molecule has 4 aromatic carbocycles. The summed E-state index contributed by atoms with van der Waals surface area (Å²) in [6.45, 7) is -0.468. The van der Waals surface area contributed by atoms with Crippen molar-refractivity contribution in [2.24, 2.45) is 5.41 Å². The number of ketones is 1. The van der Waals surface area contributed by atoms with Gasteiger partial charge in [-0.2, -0.15) is 13.2 Å². The third kappa shape index (κ3) is 4.23. The summed E-state index contributed by atoms with van der Waals surface area (Å²) in [5.74, 6) is -5.22. The van der Waals surface area contributed by atoms with Crippen molar-refractivity contribution < 1.29 is 31.9 Å². The highest BCUT2D eigenvalue weighted by Gasteiger charge is 2.81. The third-order valence-electron chi connectivity index (χ3n) is 9.38. The molecule has 0 bridgehead atoms. The number of rotatable bonds is 5. The Morgan fingerprint density at radius 2 is 1.33 bits per heavy atom. The molecule has 3 aliphatic heterocycles. The number of carbonyl (C=O) groups is 3. The van der Waals surface area contributed by atoms with E-state index in [1.54, 1.807) is 78.9 Å². The number of likely N-dealkylation sites (tertiary alicyclic amines) is 1. The highest BCUT2D eigenvalue weighted by molar-refractivity contribution is 6.42. The first-order valence-electron chi connectivity index (χ1n) is 14.5. The normalized spacial score (nSPS) is 26.0. The van der Waals surface area contributed by atoms with Gasteiger partial charge in [-0.3, -0.25) is 19.7 Å². The van der Waals surface area contributed by atoms with Gasteiger partial charge in [0.2, 0.25) is 5.78 Å². The summed E-state index contributed by atoms with van der Waals surface area (Å²) in [5, 5.41) is 2.65. The molecule has 7 rings (SSSR count). The molecule has 3 heterocycles. The number of benzene rings is 4. The first-order chi connectivity index (χ1) is 21.6. The summed E-state index contributed by atoms with van der Waals surface area (Å²) in [6.07, 6.45) is -4.95. The lowest BCUT2D eigenvalue weighted by Crippen LogP contribution is -2.60. The average molecular weight is 614 g/mol. The number of nitrogens with zero attached hydrogens (tertiary/aromatic N) is 2. The topological polar surface area (TPSA) is 69.7 Å². The summed E-state index contributed by atoms with van der Waals surface area (Å²) in [4.78, 5) is 46.0. The summed E-state index contributed by atoms with van der Waals surface area (Å²) in [7, 11) is 0. The largest absolute Gasteiger partial charge is 0.404 e. The van der Waals surface area contributed by atoms with Crippen LogP contribution in [0.25, 0.3) is 0 Å². The van der Waals surface area contributed by atoms with E-state index in [-0.39, 0.29) is 24.2 Å². The molecule has 1 N–H and O–H groups in total. The maximum atomic E-state index is 15.2. The molecule has 0 aromatic heterocycles. The molecule has 3 aliphatic rings. The van der Waals surface area contributed by atoms with Gasteiger partial charge in [0.05, 0.1) is 12.0 Å². The maximum absolute atomic E-state index is 15.2. The first kappa shape index (κ1) is 28.9. The molecule has 6 nitrogen and oxygen atoms in total. The Morgan fingerprint density at radius 3 is 1.96 bits per heavy atom. The minimum Gasteiger partial charge on any atom is -0.331 e. The van der Waals surface area contributed by atoms with Crippen molar-refractivity contribution in [2.45, 2.75) is 36.8 Å². The van der Waals surface area contributed by atoms with E-state index in [2.05, 4.69) is 5.32 Å². The lowest BCUT2D eigenvalue weighted by atomic mass is 9.59. The van der Waals surface area contributed by atoms with Gasteiger partial charge in [-0.15, -0.1) is 0 Å². The smallest absolute Gasteiger partial charge is 0.331 e. The summed E-state index contributed by atoms with van der Waals surface area (Å²) in [6, 6.07) is 26.3. The molecule has 2 saturated heterocycles. The van der Waals surface area contributed by atoms with Gasteiger partial charge in [-0.1, -0.05) is 91.0 Å². The van der Waals surface area contributed by atoms with E-state index in [1.165, 1.54) is 21.9 Å². The first-order valence-corrected chi connectivity index (χ1v) is 14.5. The fourth-order valence-electron chi connectivity index (χ4n) is 7.57. The standard InChI is InChI=1S/C35H27F4N3O3/c36-25-17-15-24(16-18-25)28-29(35(37,38)39)40-34(33(28)21-41(31(44)30(33)43)19-22-9-3-1-4-10-22)26-13-7-8-14-27(26)42(32(34)45)20-23-11-5-2-6-12-23/h1-18,28-29,40H,19-21H2/t28-,29+,33-,34-/m1/s1. The van der Waals surface area contributed by atoms with Crippen LogP contribution in [0.1, 0.15) is 28.2 Å². The third-order valence-corrected chi connectivity index (χ3v) is 9.38. The number of carbonyl (C=O) groups excluding carboxylic acids is 3. The number of fused-ring (bicyclic) bond motifs is 3. The number of hydrogen-bond donors (Lipinski definition) is 1. The van der Waals surface area contributed by atoms with Crippen LogP contribution < -0.4 is 10.2 Å². The molecule has 2 fully saturated rings. The lowest BCUT2D eigenvalue weighted by molar-refractivity contribution is -0.159. The van der Waals surface area contributed by atoms with Crippen LogP contribution in [0.3, 0.4) is 0 Å². The number of halogens is 4. The quantitative estimate of drug-likeness (QED) is 0.239. The van der Waals surface area contributed by atoms with Crippen molar-refractivity contribution in [1.29, 1.82) is 0 Å². The number of Topliss-reactive ketones (excluding diaryl/α,β-unsaturated/α-hetero) is 1. The second-order valence-electron chi connectivity index (χ2n) is 11.8. The van der Waals surface area contributed by atoms with Crippen LogP contribution in [0.5, 0.6) is 0 Å². The van der Waals surface area contributed by atoms with Gasteiger partial charge in [0, 0.05) is 30.3 Å². The van der Waals surface area contributed by atoms with Crippen LogP contribution >= 0.6 is 0 Å². The van der Waals surface area contributed by atoms with Crippen molar-refractivity contribution in [3.8, 4) is 0 Å². The molecule has 0 radical (unpaired) electrons. The van der Waals surface area contributed by atoms with E-state index in [4.69, 9.17) is 0 Å². The van der Waals surface area contributed by atoms with E-state index < -0.39 is 59.0 Å². The highest BCUT2D eigenvalue weighted by atomic mass is 19.4. The predicted octanol–water partition coefficient (Wildman–Crippen LogP) is 5.48. The number of anilines is 1. The van der Waals surface area contributed by atoms with Crippen LogP contribution in [0.15, 0.2) is 109 Å². The van der Waals surface area contributed by atoms with Crippen molar-refractivity contribution in [2.75, 3.05) is 11.4 Å². The molecule has 4 atom stereocenters. The Balaban J connectivity index is 1.48. The molecule has 0 saturated carbocycles. The van der Waals surface area contributed by atoms with E-state index in [9.17, 15) is 18.8 Å². The summed E-state index contributed by atoms with van der Waals surface area (Å²) < 4.78 is 59.7. The second-order valence-corrected chi connectivity index (χ2v) is 11.8. The molecule has 4 aromatic rings. The van der Waals surface area contributed by atoms with Gasteiger partial charge in [-0.25, -0.2) is 4.39 Å². The van der Waals surface area contributed by atoms with Gasteiger partial charge in [0.15, 0.2) is 0 Å². The Bertz CT molecular complexity index is 1800. The summed E-state index contributed by atoms with van der Waals surface area (Å²) in [5.41, 5.74) is -2.55. The van der Waals surface area contributed by atoms with E-state index in [1.807, 2.05) is 6.07 Å².